The van der Waals surface area contributed by atoms with Gasteiger partial charge < -0.3 is 24.6 Å². The molecule has 2 N–H and O–H groups in total. The zero-order valence-electron chi connectivity index (χ0n) is 11.3. The van der Waals surface area contributed by atoms with E-state index in [1.54, 1.807) is 14.0 Å². The quantitative estimate of drug-likeness (QED) is 0.491. The maximum absolute atomic E-state index is 9.87. The molecule has 0 heterocycles. The van der Waals surface area contributed by atoms with Gasteiger partial charge in [-0.2, -0.15) is 0 Å². The van der Waals surface area contributed by atoms with Gasteiger partial charge in [-0.15, -0.1) is 0 Å². The highest BCUT2D eigenvalue weighted by molar-refractivity contribution is 4.74. The number of ether oxygens (including phenoxy) is 3. The van der Waals surface area contributed by atoms with Crippen molar-refractivity contribution in [3.63, 3.8) is 0 Å². The Kier molecular flexibility index (Phi) is 10.8. The summed E-state index contributed by atoms with van der Waals surface area (Å²) in [7, 11) is 1.68. The fourth-order valence-corrected chi connectivity index (χ4v) is 1.26. The predicted octanol–water partition coefficient (Wildman–Crippen LogP) is 0.417. The lowest BCUT2D eigenvalue weighted by Gasteiger charge is -2.23. The first-order valence-corrected chi connectivity index (χ1v) is 6.20. The SMILES string of the molecule is CCNCC(C)(O)COCCOCCCOC. The Morgan fingerprint density at radius 1 is 1.12 bits per heavy atom. The molecule has 0 saturated carbocycles. The van der Waals surface area contributed by atoms with Crippen molar-refractivity contribution in [2.24, 2.45) is 0 Å². The molecule has 104 valence electrons. The van der Waals surface area contributed by atoms with Gasteiger partial charge in [-0.1, -0.05) is 6.92 Å². The van der Waals surface area contributed by atoms with Crippen molar-refractivity contribution in [3.05, 3.63) is 0 Å². The van der Waals surface area contributed by atoms with Crippen LogP contribution in [0.2, 0.25) is 0 Å². The lowest BCUT2D eigenvalue weighted by Crippen LogP contribution is -2.42. The first kappa shape index (κ1) is 16.8. The van der Waals surface area contributed by atoms with E-state index >= 15 is 0 Å². The molecule has 5 nitrogen and oxygen atoms in total. The van der Waals surface area contributed by atoms with E-state index in [9.17, 15) is 5.11 Å². The van der Waals surface area contributed by atoms with Crippen molar-refractivity contribution >= 4 is 0 Å². The van der Waals surface area contributed by atoms with Crippen LogP contribution in [-0.2, 0) is 14.2 Å². The average Bonchev–Trinajstić information content (AvgIpc) is 2.30. The fraction of sp³-hybridized carbons (Fsp3) is 1.00. The molecular weight excluding hydrogens is 222 g/mol. The van der Waals surface area contributed by atoms with Crippen LogP contribution >= 0.6 is 0 Å². The van der Waals surface area contributed by atoms with Crippen LogP contribution in [0.25, 0.3) is 0 Å². The standard InChI is InChI=1S/C12H27NO4/c1-4-13-10-12(2,14)11-17-9-8-16-7-5-6-15-3/h13-14H,4-11H2,1-3H3. The third-order valence-corrected chi connectivity index (χ3v) is 2.18. The lowest BCUT2D eigenvalue weighted by molar-refractivity contribution is -0.0469. The molecular formula is C12H27NO4. The summed E-state index contributed by atoms with van der Waals surface area (Å²) in [6.07, 6.45) is 0.897. The molecule has 17 heavy (non-hydrogen) atoms. The lowest BCUT2D eigenvalue weighted by atomic mass is 10.1. The Bertz CT molecular complexity index is 165. The van der Waals surface area contributed by atoms with Crippen LogP contribution in [0.15, 0.2) is 0 Å². The number of rotatable bonds is 12. The molecule has 0 saturated heterocycles. The number of hydrogen-bond acceptors (Lipinski definition) is 5. The second kappa shape index (κ2) is 10.9. The maximum atomic E-state index is 9.87. The van der Waals surface area contributed by atoms with Gasteiger partial charge in [-0.3, -0.25) is 0 Å². The van der Waals surface area contributed by atoms with Gasteiger partial charge in [0.25, 0.3) is 0 Å². The predicted molar refractivity (Wildman–Crippen MR) is 67.3 cm³/mol. The number of methoxy groups -OCH3 is 1. The molecule has 0 spiro atoms. The number of nitrogens with one attached hydrogen (secondary N) is 1. The Labute approximate surface area is 104 Å². The zero-order valence-corrected chi connectivity index (χ0v) is 11.3. The summed E-state index contributed by atoms with van der Waals surface area (Å²) in [4.78, 5) is 0. The molecule has 0 radical (unpaired) electrons. The summed E-state index contributed by atoms with van der Waals surface area (Å²) >= 11 is 0. The largest absolute Gasteiger partial charge is 0.386 e. The first-order valence-electron chi connectivity index (χ1n) is 6.20. The highest BCUT2D eigenvalue weighted by Crippen LogP contribution is 2.01. The van der Waals surface area contributed by atoms with Gasteiger partial charge in [0.15, 0.2) is 0 Å². The van der Waals surface area contributed by atoms with Crippen LogP contribution in [0.3, 0.4) is 0 Å². The zero-order chi connectivity index (χ0) is 13.0. The van der Waals surface area contributed by atoms with Gasteiger partial charge in [0.2, 0.25) is 0 Å². The molecule has 0 rings (SSSR count). The summed E-state index contributed by atoms with van der Waals surface area (Å²) < 4.78 is 15.6. The highest BCUT2D eigenvalue weighted by Gasteiger charge is 2.19. The van der Waals surface area contributed by atoms with E-state index in [1.807, 2.05) is 6.92 Å². The van der Waals surface area contributed by atoms with Gasteiger partial charge in [-0.05, 0) is 19.9 Å². The van der Waals surface area contributed by atoms with Crippen molar-refractivity contribution in [3.8, 4) is 0 Å². The molecule has 0 aliphatic rings. The van der Waals surface area contributed by atoms with E-state index in [1.165, 1.54) is 0 Å². The molecule has 0 aromatic heterocycles. The first-order chi connectivity index (χ1) is 8.12. The van der Waals surface area contributed by atoms with E-state index in [0.29, 0.717) is 33.0 Å². The summed E-state index contributed by atoms with van der Waals surface area (Å²) in [5.74, 6) is 0. The molecule has 0 bridgehead atoms. The highest BCUT2D eigenvalue weighted by atomic mass is 16.5. The van der Waals surface area contributed by atoms with Gasteiger partial charge >= 0.3 is 0 Å². The van der Waals surface area contributed by atoms with Crippen molar-refractivity contribution < 1.29 is 19.3 Å². The van der Waals surface area contributed by atoms with E-state index < -0.39 is 5.60 Å². The monoisotopic (exact) mass is 249 g/mol. The summed E-state index contributed by atoms with van der Waals surface area (Å²) in [6.45, 7) is 7.94. The van der Waals surface area contributed by atoms with E-state index in [0.717, 1.165) is 19.6 Å². The Morgan fingerprint density at radius 3 is 2.47 bits per heavy atom. The fourth-order valence-electron chi connectivity index (χ4n) is 1.26. The molecule has 0 aromatic rings. The van der Waals surface area contributed by atoms with Crippen molar-refractivity contribution in [2.45, 2.75) is 25.9 Å². The van der Waals surface area contributed by atoms with Gasteiger partial charge in [0.05, 0.1) is 25.4 Å². The Hall–Kier alpha value is -0.200. The van der Waals surface area contributed by atoms with Gasteiger partial charge in [-0.25, -0.2) is 0 Å². The summed E-state index contributed by atoms with van der Waals surface area (Å²) in [5.41, 5.74) is -0.813. The third kappa shape index (κ3) is 12.1. The second-order valence-electron chi connectivity index (χ2n) is 4.29. The minimum absolute atomic E-state index is 0.321. The van der Waals surface area contributed by atoms with Crippen LogP contribution in [-0.4, -0.2) is 63.9 Å². The van der Waals surface area contributed by atoms with Crippen molar-refractivity contribution in [1.82, 2.24) is 5.32 Å². The molecule has 1 unspecified atom stereocenters. The van der Waals surface area contributed by atoms with Crippen LogP contribution in [0.1, 0.15) is 20.3 Å². The smallest absolute Gasteiger partial charge is 0.0975 e. The van der Waals surface area contributed by atoms with Crippen LogP contribution in [0, 0.1) is 0 Å². The van der Waals surface area contributed by atoms with E-state index in [4.69, 9.17) is 14.2 Å². The van der Waals surface area contributed by atoms with Gasteiger partial charge in [0.1, 0.15) is 0 Å². The molecule has 0 aliphatic carbocycles. The van der Waals surface area contributed by atoms with Crippen LogP contribution < -0.4 is 5.32 Å². The molecule has 0 fully saturated rings. The Balaban J connectivity index is 3.26. The van der Waals surface area contributed by atoms with E-state index in [-0.39, 0.29) is 0 Å². The minimum atomic E-state index is -0.813. The molecule has 0 aromatic carbocycles. The number of hydrogen-bond donors (Lipinski definition) is 2. The van der Waals surface area contributed by atoms with Crippen molar-refractivity contribution in [2.75, 3.05) is 53.2 Å². The van der Waals surface area contributed by atoms with Gasteiger partial charge in [0, 0.05) is 26.9 Å². The second-order valence-corrected chi connectivity index (χ2v) is 4.29. The number of aliphatic hydroxyl groups is 1. The maximum Gasteiger partial charge on any atom is 0.0975 e. The summed E-state index contributed by atoms with van der Waals surface area (Å²) in [5, 5.41) is 13.0. The Morgan fingerprint density at radius 2 is 1.82 bits per heavy atom. The van der Waals surface area contributed by atoms with E-state index in [2.05, 4.69) is 5.32 Å². The topological polar surface area (TPSA) is 60.0 Å². The number of likely N-dealkylation sites (N-methyl/N-ethyl adjacent to an activating group) is 1. The third-order valence-electron chi connectivity index (χ3n) is 2.18. The normalized spacial score (nSPS) is 14.8. The van der Waals surface area contributed by atoms with Crippen LogP contribution in [0.4, 0.5) is 0 Å². The molecule has 0 aliphatic heterocycles. The molecule has 5 heteroatoms. The molecule has 0 amide bonds. The van der Waals surface area contributed by atoms with Crippen LogP contribution in [0.5, 0.6) is 0 Å². The molecule has 1 atom stereocenters. The summed E-state index contributed by atoms with van der Waals surface area (Å²) in [6, 6.07) is 0. The average molecular weight is 249 g/mol. The minimum Gasteiger partial charge on any atom is -0.386 e. The van der Waals surface area contributed by atoms with Crippen molar-refractivity contribution in [1.29, 1.82) is 0 Å².